The van der Waals surface area contributed by atoms with E-state index in [0.29, 0.717) is 0 Å². The van der Waals surface area contributed by atoms with Gasteiger partial charge in [0.15, 0.2) is 0 Å². The zero-order chi connectivity index (χ0) is 19.3. The van der Waals surface area contributed by atoms with Crippen molar-refractivity contribution in [2.24, 2.45) is 0 Å². The molecule has 0 saturated heterocycles. The minimum absolute atomic E-state index is 0.129. The second-order valence-electron chi connectivity index (χ2n) is 5.71. The summed E-state index contributed by atoms with van der Waals surface area (Å²) in [5.74, 6) is 0.0267. The zero-order valence-electron chi connectivity index (χ0n) is 14.1. The molecule has 1 unspecified atom stereocenters. The van der Waals surface area contributed by atoms with Crippen molar-refractivity contribution in [3.63, 3.8) is 0 Å². The first kappa shape index (κ1) is 18.6. The van der Waals surface area contributed by atoms with Crippen LogP contribution in [0.25, 0.3) is 0 Å². The van der Waals surface area contributed by atoms with Gasteiger partial charge in [0.25, 0.3) is 5.69 Å². The molecule has 8 heteroatoms. The summed E-state index contributed by atoms with van der Waals surface area (Å²) in [5, 5.41) is 10.8. The Kier molecular flexibility index (Phi) is 5.54. The topological polar surface area (TPSA) is 98.9 Å². The van der Waals surface area contributed by atoms with Gasteiger partial charge < -0.3 is 9.05 Å². The van der Waals surface area contributed by atoms with E-state index in [2.05, 4.69) is 0 Å². The lowest BCUT2D eigenvalue weighted by Crippen LogP contribution is -2.00. The molecule has 7 nitrogen and oxygen atoms in total. The Labute approximate surface area is 155 Å². The van der Waals surface area contributed by atoms with Crippen LogP contribution in [0.15, 0.2) is 78.9 Å². The molecule has 27 heavy (non-hydrogen) atoms. The molecule has 3 aromatic rings. The molecular weight excluding hydrogens is 369 g/mol. The van der Waals surface area contributed by atoms with Crippen LogP contribution in [0.4, 0.5) is 5.69 Å². The Morgan fingerprint density at radius 1 is 0.852 bits per heavy atom. The third-order valence-electron chi connectivity index (χ3n) is 3.64. The van der Waals surface area contributed by atoms with Gasteiger partial charge in [0.2, 0.25) is 0 Å². The summed E-state index contributed by atoms with van der Waals surface area (Å²) in [4.78, 5) is 20.0. The summed E-state index contributed by atoms with van der Waals surface area (Å²) in [6.45, 7) is 0. The van der Waals surface area contributed by atoms with Gasteiger partial charge in [-0.2, -0.15) is 0 Å². The molecule has 0 saturated carbocycles. The van der Waals surface area contributed by atoms with E-state index in [-0.39, 0.29) is 17.2 Å². The minimum atomic E-state index is -4.49. The molecule has 0 aliphatic carbocycles. The number of rotatable bonds is 7. The first-order valence-corrected chi connectivity index (χ1v) is 9.50. The maximum atomic E-state index is 12.2. The average Bonchev–Trinajstić information content (AvgIpc) is 2.64. The monoisotopic (exact) mass is 385 g/mol. The summed E-state index contributed by atoms with van der Waals surface area (Å²) in [6.07, 6.45) is 0.724. The second kappa shape index (κ2) is 8.03. The lowest BCUT2D eigenvalue weighted by Gasteiger charge is -2.14. The van der Waals surface area contributed by atoms with Gasteiger partial charge in [0.05, 0.1) is 11.0 Å². The van der Waals surface area contributed by atoms with Gasteiger partial charge in [-0.05, 0) is 35.7 Å². The van der Waals surface area contributed by atoms with Crippen LogP contribution in [0.2, 0.25) is 0 Å². The molecule has 1 N–H and O–H groups in total. The summed E-state index contributed by atoms with van der Waals surface area (Å²) in [5.41, 5.74) is 1.91. The van der Waals surface area contributed by atoms with Gasteiger partial charge in [-0.3, -0.25) is 15.0 Å². The number of hydrogen-bond donors (Lipinski definition) is 1. The number of non-ortho nitro benzene ring substituents is 1. The van der Waals surface area contributed by atoms with Crippen molar-refractivity contribution in [1.82, 2.24) is 0 Å². The predicted octanol–water partition coefficient (Wildman–Crippen LogP) is 4.74. The van der Waals surface area contributed by atoms with Crippen molar-refractivity contribution >= 4 is 13.5 Å². The summed E-state index contributed by atoms with van der Waals surface area (Å²) in [7, 11) is -4.49. The molecule has 3 rings (SSSR count). The molecule has 0 aromatic heterocycles. The molecule has 0 fully saturated rings. The van der Waals surface area contributed by atoms with Crippen molar-refractivity contribution < 1.29 is 23.4 Å². The summed E-state index contributed by atoms with van der Waals surface area (Å²) < 4.78 is 22.1. The number of hydrogen-bond acceptors (Lipinski definition) is 5. The Morgan fingerprint density at radius 3 is 2.15 bits per heavy atom. The lowest BCUT2D eigenvalue weighted by atomic mass is 10.1. The third-order valence-corrected chi connectivity index (χ3v) is 4.53. The normalized spacial score (nSPS) is 12.8. The van der Waals surface area contributed by atoms with Crippen molar-refractivity contribution in [3.05, 3.63) is 100 Å². The van der Waals surface area contributed by atoms with Crippen molar-refractivity contribution in [2.45, 2.75) is 6.42 Å². The summed E-state index contributed by atoms with van der Waals surface area (Å²) >= 11 is 0. The number of nitro groups is 1. The predicted molar refractivity (Wildman–Crippen MR) is 99.9 cm³/mol. The van der Waals surface area contributed by atoms with Crippen LogP contribution in [0.3, 0.4) is 0 Å². The highest BCUT2D eigenvalue weighted by Crippen LogP contribution is 2.44. The standard InChI is InChI=1S/C19H16NO6P/c21-20(22)17-7-4-8-19(14-17)26-27(23,24)25-18-11-9-16(10-12-18)13-15-5-2-1-3-6-15/h1-12,14H,13H2,(H,23,24). The van der Waals surface area contributed by atoms with E-state index >= 15 is 0 Å². The van der Waals surface area contributed by atoms with E-state index in [1.165, 1.54) is 18.2 Å². The van der Waals surface area contributed by atoms with E-state index in [4.69, 9.17) is 9.05 Å². The van der Waals surface area contributed by atoms with Crippen molar-refractivity contribution in [3.8, 4) is 11.5 Å². The van der Waals surface area contributed by atoms with Crippen molar-refractivity contribution in [1.29, 1.82) is 0 Å². The van der Waals surface area contributed by atoms with Crippen LogP contribution in [-0.2, 0) is 11.0 Å². The Morgan fingerprint density at radius 2 is 1.48 bits per heavy atom. The maximum absolute atomic E-state index is 12.2. The molecule has 0 aliphatic rings. The smallest absolute Gasteiger partial charge is 0.395 e. The third kappa shape index (κ3) is 5.41. The largest absolute Gasteiger partial charge is 0.584 e. The highest BCUT2D eigenvalue weighted by atomic mass is 31.2. The minimum Gasteiger partial charge on any atom is -0.395 e. The fraction of sp³-hybridized carbons (Fsp3) is 0.0526. The summed E-state index contributed by atoms with van der Waals surface area (Å²) in [6, 6.07) is 21.6. The van der Waals surface area contributed by atoms with Gasteiger partial charge in [0, 0.05) is 6.07 Å². The molecule has 3 aromatic carbocycles. The Balaban J connectivity index is 1.66. The molecule has 138 valence electrons. The number of phosphoric ester groups is 1. The van der Waals surface area contributed by atoms with Crippen LogP contribution in [0.1, 0.15) is 11.1 Å². The van der Waals surface area contributed by atoms with E-state index in [9.17, 15) is 19.6 Å². The Bertz CT molecular complexity index is 975. The molecule has 1 atom stereocenters. The van der Waals surface area contributed by atoms with E-state index in [0.717, 1.165) is 23.6 Å². The van der Waals surface area contributed by atoms with E-state index in [1.807, 2.05) is 30.3 Å². The fourth-order valence-electron chi connectivity index (χ4n) is 2.44. The second-order valence-corrected chi connectivity index (χ2v) is 7.01. The fourth-order valence-corrected chi connectivity index (χ4v) is 3.24. The van der Waals surface area contributed by atoms with Gasteiger partial charge in [0.1, 0.15) is 11.5 Å². The van der Waals surface area contributed by atoms with Crippen LogP contribution >= 0.6 is 7.82 Å². The van der Waals surface area contributed by atoms with Crippen LogP contribution in [0.5, 0.6) is 11.5 Å². The van der Waals surface area contributed by atoms with Gasteiger partial charge >= 0.3 is 7.82 Å². The van der Waals surface area contributed by atoms with E-state index in [1.54, 1.807) is 24.3 Å². The molecule has 0 bridgehead atoms. The number of nitrogens with zero attached hydrogens (tertiary/aromatic N) is 1. The molecular formula is C19H16NO6P. The zero-order valence-corrected chi connectivity index (χ0v) is 15.0. The average molecular weight is 385 g/mol. The quantitative estimate of drug-likeness (QED) is 0.358. The van der Waals surface area contributed by atoms with Crippen LogP contribution < -0.4 is 9.05 Å². The van der Waals surface area contributed by atoms with Crippen molar-refractivity contribution in [2.75, 3.05) is 0 Å². The number of nitro benzene ring substituents is 1. The lowest BCUT2D eigenvalue weighted by molar-refractivity contribution is -0.384. The van der Waals surface area contributed by atoms with Crippen LogP contribution in [-0.4, -0.2) is 9.82 Å². The van der Waals surface area contributed by atoms with E-state index < -0.39 is 12.7 Å². The molecule has 0 heterocycles. The Hall–Kier alpha value is -3.15. The first-order chi connectivity index (χ1) is 12.9. The van der Waals surface area contributed by atoms with Gasteiger partial charge in [-0.1, -0.05) is 48.5 Å². The first-order valence-electron chi connectivity index (χ1n) is 8.01. The highest BCUT2D eigenvalue weighted by Gasteiger charge is 2.25. The number of benzene rings is 3. The molecule has 0 aliphatic heterocycles. The molecule has 0 radical (unpaired) electrons. The molecule has 0 spiro atoms. The van der Waals surface area contributed by atoms with Gasteiger partial charge in [-0.25, -0.2) is 4.57 Å². The molecule has 0 amide bonds. The SMILES string of the molecule is O=[N+]([O-])c1cccc(OP(=O)(O)Oc2ccc(Cc3ccccc3)cc2)c1. The highest BCUT2D eigenvalue weighted by molar-refractivity contribution is 7.48. The maximum Gasteiger partial charge on any atom is 0.584 e. The van der Waals surface area contributed by atoms with Gasteiger partial charge in [-0.15, -0.1) is 0 Å². The number of phosphoric acid groups is 1. The van der Waals surface area contributed by atoms with Crippen LogP contribution in [0, 0.1) is 10.1 Å².